The second-order valence-corrected chi connectivity index (χ2v) is 4.28. The summed E-state index contributed by atoms with van der Waals surface area (Å²) in [6.07, 6.45) is 1.20. The Bertz CT molecular complexity index is 319. The predicted molar refractivity (Wildman–Crippen MR) is 58.7 cm³/mol. The summed E-state index contributed by atoms with van der Waals surface area (Å²) >= 11 is 3.52. The molecule has 1 aliphatic rings. The maximum Gasteiger partial charge on any atom is 0.134 e. The first-order valence-corrected chi connectivity index (χ1v) is 5.56. The molecule has 76 valence electrons. The second kappa shape index (κ2) is 4.32. The van der Waals surface area contributed by atoms with E-state index < -0.39 is 0 Å². The van der Waals surface area contributed by atoms with Gasteiger partial charge in [-0.05, 0) is 34.5 Å². The van der Waals surface area contributed by atoms with Crippen molar-refractivity contribution in [3.63, 3.8) is 0 Å². The van der Waals surface area contributed by atoms with Crippen molar-refractivity contribution >= 4 is 15.9 Å². The van der Waals surface area contributed by atoms with Crippen molar-refractivity contribution in [1.29, 1.82) is 0 Å². The van der Waals surface area contributed by atoms with E-state index >= 15 is 0 Å². The Balaban J connectivity index is 2.11. The number of halogens is 1. The Labute approximate surface area is 92.3 Å². The van der Waals surface area contributed by atoms with E-state index in [4.69, 9.17) is 9.47 Å². The van der Waals surface area contributed by atoms with E-state index in [0.717, 1.165) is 23.2 Å². The van der Waals surface area contributed by atoms with E-state index in [0.29, 0.717) is 6.61 Å². The zero-order valence-corrected chi connectivity index (χ0v) is 9.71. The monoisotopic (exact) mass is 256 g/mol. The molecule has 2 nitrogen and oxygen atoms in total. The molecule has 1 saturated heterocycles. The molecule has 0 radical (unpaired) electrons. The highest BCUT2D eigenvalue weighted by Crippen LogP contribution is 2.29. The van der Waals surface area contributed by atoms with Gasteiger partial charge in [0, 0.05) is 6.42 Å². The van der Waals surface area contributed by atoms with E-state index in [2.05, 4.69) is 28.9 Å². The van der Waals surface area contributed by atoms with Crippen LogP contribution in [0.5, 0.6) is 5.75 Å². The molecule has 0 bridgehead atoms. The lowest BCUT2D eigenvalue weighted by Gasteiger charge is -2.14. The number of hydrogen-bond donors (Lipinski definition) is 0. The van der Waals surface area contributed by atoms with Gasteiger partial charge in [-0.25, -0.2) is 0 Å². The Kier molecular flexibility index (Phi) is 3.08. The van der Waals surface area contributed by atoms with Gasteiger partial charge in [-0.2, -0.15) is 0 Å². The molecule has 1 unspecified atom stereocenters. The fourth-order valence-corrected chi connectivity index (χ4v) is 1.85. The molecular formula is C11H13BrO2. The van der Waals surface area contributed by atoms with Crippen LogP contribution < -0.4 is 4.74 Å². The molecule has 1 fully saturated rings. The largest absolute Gasteiger partial charge is 0.487 e. The van der Waals surface area contributed by atoms with Crippen LogP contribution in [-0.2, 0) is 4.74 Å². The molecule has 1 atom stereocenters. The molecule has 1 heterocycles. The van der Waals surface area contributed by atoms with Gasteiger partial charge in [0.15, 0.2) is 0 Å². The minimum atomic E-state index is 0.216. The molecule has 14 heavy (non-hydrogen) atoms. The Hall–Kier alpha value is -0.540. The van der Waals surface area contributed by atoms with Crippen molar-refractivity contribution in [1.82, 2.24) is 0 Å². The van der Waals surface area contributed by atoms with Crippen LogP contribution in [0.4, 0.5) is 0 Å². The van der Waals surface area contributed by atoms with Crippen molar-refractivity contribution in [2.45, 2.75) is 19.4 Å². The fraction of sp³-hybridized carbons (Fsp3) is 0.455. The third kappa shape index (κ3) is 2.10. The number of aryl methyl sites for hydroxylation is 1. The van der Waals surface area contributed by atoms with E-state index in [1.54, 1.807) is 0 Å². The van der Waals surface area contributed by atoms with Gasteiger partial charge in [0.2, 0.25) is 0 Å². The number of hydrogen-bond acceptors (Lipinski definition) is 2. The van der Waals surface area contributed by atoms with Gasteiger partial charge in [-0.3, -0.25) is 0 Å². The summed E-state index contributed by atoms with van der Waals surface area (Å²) in [5.41, 5.74) is 1.20. The van der Waals surface area contributed by atoms with Crippen molar-refractivity contribution in [2.75, 3.05) is 13.2 Å². The molecule has 0 spiro atoms. The third-order valence-corrected chi connectivity index (χ3v) is 3.35. The first-order valence-electron chi connectivity index (χ1n) is 4.77. The van der Waals surface area contributed by atoms with Crippen LogP contribution in [0.3, 0.4) is 0 Å². The molecule has 0 amide bonds. The Morgan fingerprint density at radius 3 is 3.07 bits per heavy atom. The van der Waals surface area contributed by atoms with Crippen LogP contribution in [0.2, 0.25) is 0 Å². The standard InChI is InChI=1S/C11H13BrO2/c1-8-3-2-4-10(11(8)12)14-9-5-6-13-7-9/h2-4,9H,5-7H2,1H3. The molecular weight excluding hydrogens is 244 g/mol. The molecule has 1 aromatic carbocycles. The summed E-state index contributed by atoms with van der Waals surface area (Å²) in [6, 6.07) is 6.04. The van der Waals surface area contributed by atoms with Gasteiger partial charge in [0.1, 0.15) is 11.9 Å². The maximum atomic E-state index is 5.82. The van der Waals surface area contributed by atoms with Crippen LogP contribution in [0, 0.1) is 6.92 Å². The summed E-state index contributed by atoms with van der Waals surface area (Å²) in [4.78, 5) is 0. The zero-order valence-electron chi connectivity index (χ0n) is 8.13. The molecule has 1 aromatic rings. The lowest BCUT2D eigenvalue weighted by atomic mass is 10.2. The van der Waals surface area contributed by atoms with Crippen LogP contribution in [0.25, 0.3) is 0 Å². The van der Waals surface area contributed by atoms with Gasteiger partial charge in [-0.1, -0.05) is 12.1 Å². The molecule has 0 saturated carbocycles. The molecule has 3 heteroatoms. The van der Waals surface area contributed by atoms with Gasteiger partial charge in [-0.15, -0.1) is 0 Å². The summed E-state index contributed by atoms with van der Waals surface area (Å²) < 4.78 is 12.1. The molecule has 2 rings (SSSR count). The normalized spacial score (nSPS) is 21.1. The zero-order chi connectivity index (χ0) is 9.97. The number of benzene rings is 1. The van der Waals surface area contributed by atoms with Crippen molar-refractivity contribution in [2.24, 2.45) is 0 Å². The number of rotatable bonds is 2. The van der Waals surface area contributed by atoms with Crippen LogP contribution in [0.15, 0.2) is 22.7 Å². The van der Waals surface area contributed by atoms with Crippen LogP contribution in [0.1, 0.15) is 12.0 Å². The molecule has 1 aliphatic heterocycles. The van der Waals surface area contributed by atoms with Crippen LogP contribution in [-0.4, -0.2) is 19.3 Å². The Morgan fingerprint density at radius 1 is 1.50 bits per heavy atom. The van der Waals surface area contributed by atoms with Gasteiger partial charge < -0.3 is 9.47 Å². The fourth-order valence-electron chi connectivity index (χ4n) is 1.50. The van der Waals surface area contributed by atoms with Crippen molar-refractivity contribution < 1.29 is 9.47 Å². The highest BCUT2D eigenvalue weighted by molar-refractivity contribution is 9.10. The first-order chi connectivity index (χ1) is 6.77. The van der Waals surface area contributed by atoms with E-state index in [9.17, 15) is 0 Å². The van der Waals surface area contributed by atoms with E-state index in [-0.39, 0.29) is 6.10 Å². The minimum absolute atomic E-state index is 0.216. The predicted octanol–water partition coefficient (Wildman–Crippen LogP) is 2.93. The lowest BCUT2D eigenvalue weighted by molar-refractivity contribution is 0.141. The van der Waals surface area contributed by atoms with Crippen molar-refractivity contribution in [3.8, 4) is 5.75 Å². The maximum absolute atomic E-state index is 5.82. The summed E-state index contributed by atoms with van der Waals surface area (Å²) in [7, 11) is 0. The number of ether oxygens (including phenoxy) is 2. The Morgan fingerprint density at radius 2 is 2.36 bits per heavy atom. The molecule has 0 N–H and O–H groups in total. The van der Waals surface area contributed by atoms with Crippen molar-refractivity contribution in [3.05, 3.63) is 28.2 Å². The highest BCUT2D eigenvalue weighted by Gasteiger charge is 2.18. The summed E-state index contributed by atoms with van der Waals surface area (Å²) in [5, 5.41) is 0. The smallest absolute Gasteiger partial charge is 0.134 e. The second-order valence-electron chi connectivity index (χ2n) is 3.49. The molecule has 0 aromatic heterocycles. The SMILES string of the molecule is Cc1cccc(OC2CCOC2)c1Br. The highest BCUT2D eigenvalue weighted by atomic mass is 79.9. The van der Waals surface area contributed by atoms with Gasteiger partial charge in [0.25, 0.3) is 0 Å². The average Bonchev–Trinajstić information content (AvgIpc) is 2.66. The van der Waals surface area contributed by atoms with E-state index in [1.807, 2.05) is 12.1 Å². The van der Waals surface area contributed by atoms with Gasteiger partial charge >= 0.3 is 0 Å². The quantitative estimate of drug-likeness (QED) is 0.811. The summed E-state index contributed by atoms with van der Waals surface area (Å²) in [5.74, 6) is 0.917. The van der Waals surface area contributed by atoms with E-state index in [1.165, 1.54) is 5.56 Å². The van der Waals surface area contributed by atoms with Crippen LogP contribution >= 0.6 is 15.9 Å². The minimum Gasteiger partial charge on any atom is -0.487 e. The third-order valence-electron chi connectivity index (χ3n) is 2.34. The lowest BCUT2D eigenvalue weighted by Crippen LogP contribution is -2.15. The average molecular weight is 257 g/mol. The molecule has 0 aliphatic carbocycles. The summed E-state index contributed by atoms with van der Waals surface area (Å²) in [6.45, 7) is 3.58. The topological polar surface area (TPSA) is 18.5 Å². The van der Waals surface area contributed by atoms with Gasteiger partial charge in [0.05, 0.1) is 17.7 Å². The first kappa shape index (κ1) is 9.99.